The van der Waals surface area contributed by atoms with Gasteiger partial charge >= 0.3 is 5.97 Å². The van der Waals surface area contributed by atoms with Crippen molar-refractivity contribution in [2.75, 3.05) is 0 Å². The molecular weight excluding hydrogens is 547 g/mol. The SMILES string of the molecule is Cc1ccc2c(C)c(C(=O)Oc3ccc4c(c3)OC(N)=C(C#N)C4c3ccc(OCc4ccc(F)cc4)cc3)oc2c1C. The van der Waals surface area contributed by atoms with Crippen LogP contribution in [0.3, 0.4) is 0 Å². The van der Waals surface area contributed by atoms with Gasteiger partial charge in [-0.15, -0.1) is 0 Å². The molecule has 0 saturated heterocycles. The summed E-state index contributed by atoms with van der Waals surface area (Å²) in [6.45, 7) is 6.05. The zero-order valence-electron chi connectivity index (χ0n) is 23.7. The number of ether oxygens (including phenoxy) is 3. The van der Waals surface area contributed by atoms with Gasteiger partial charge in [-0.3, -0.25) is 0 Å². The van der Waals surface area contributed by atoms with Crippen LogP contribution in [0.25, 0.3) is 11.0 Å². The molecule has 0 saturated carbocycles. The highest BCUT2D eigenvalue weighted by atomic mass is 19.1. The van der Waals surface area contributed by atoms with Gasteiger partial charge < -0.3 is 24.4 Å². The van der Waals surface area contributed by atoms with Crippen LogP contribution in [0.4, 0.5) is 4.39 Å². The number of aryl methyl sites for hydroxylation is 3. The number of nitrogens with zero attached hydrogens (tertiary/aromatic N) is 1. The van der Waals surface area contributed by atoms with E-state index < -0.39 is 11.9 Å². The van der Waals surface area contributed by atoms with E-state index in [0.717, 1.165) is 27.6 Å². The summed E-state index contributed by atoms with van der Waals surface area (Å²) in [7, 11) is 0. The minimum Gasteiger partial charge on any atom is -0.489 e. The van der Waals surface area contributed by atoms with Gasteiger partial charge in [-0.25, -0.2) is 9.18 Å². The molecule has 2 heterocycles. The summed E-state index contributed by atoms with van der Waals surface area (Å²) in [5.41, 5.74) is 12.2. The minimum atomic E-state index is -0.629. The van der Waals surface area contributed by atoms with Crippen LogP contribution in [0.1, 0.15) is 49.9 Å². The molecule has 1 aliphatic rings. The average molecular weight is 575 g/mol. The molecule has 214 valence electrons. The van der Waals surface area contributed by atoms with Gasteiger partial charge in [0.25, 0.3) is 0 Å². The Hall–Kier alpha value is -5.55. The van der Waals surface area contributed by atoms with Crippen molar-refractivity contribution in [3.8, 4) is 23.3 Å². The Bertz CT molecular complexity index is 1950. The molecule has 0 fully saturated rings. The Labute approximate surface area is 247 Å². The van der Waals surface area contributed by atoms with E-state index >= 15 is 0 Å². The van der Waals surface area contributed by atoms with E-state index in [2.05, 4.69) is 6.07 Å². The lowest BCUT2D eigenvalue weighted by Crippen LogP contribution is -2.21. The number of allylic oxidation sites excluding steroid dienone is 1. The Kier molecular flexibility index (Phi) is 7.08. The molecule has 1 aromatic heterocycles. The van der Waals surface area contributed by atoms with Crippen molar-refractivity contribution in [2.45, 2.75) is 33.3 Å². The third kappa shape index (κ3) is 5.17. The van der Waals surface area contributed by atoms with E-state index in [1.54, 1.807) is 42.5 Å². The van der Waals surface area contributed by atoms with Crippen LogP contribution in [0, 0.1) is 37.9 Å². The standard InChI is InChI=1S/C35H27FN2O5/c1-19-4-14-27-21(3)33(43-32(27)20(19)2)35(39)41-26-13-15-28-30(16-26)42-34(38)29(17-37)31(28)23-7-11-25(12-8-23)40-18-22-5-9-24(36)10-6-22/h4-16,31H,18,38H2,1-3H3. The van der Waals surface area contributed by atoms with Crippen LogP contribution < -0.4 is 19.9 Å². The third-order valence-corrected chi connectivity index (χ3v) is 7.74. The van der Waals surface area contributed by atoms with E-state index in [4.69, 9.17) is 24.4 Å². The number of halogens is 1. The fourth-order valence-corrected chi connectivity index (χ4v) is 5.21. The van der Waals surface area contributed by atoms with Gasteiger partial charge in [0, 0.05) is 22.6 Å². The highest BCUT2D eigenvalue weighted by molar-refractivity contribution is 5.98. The van der Waals surface area contributed by atoms with Gasteiger partial charge in [-0.1, -0.05) is 42.5 Å². The van der Waals surface area contributed by atoms with E-state index in [9.17, 15) is 14.4 Å². The van der Waals surface area contributed by atoms with E-state index in [-0.39, 0.29) is 35.4 Å². The molecule has 5 aromatic rings. The first-order chi connectivity index (χ1) is 20.7. The van der Waals surface area contributed by atoms with Gasteiger partial charge in [0.2, 0.25) is 11.6 Å². The zero-order chi connectivity index (χ0) is 30.2. The maximum absolute atomic E-state index is 13.2. The van der Waals surface area contributed by atoms with Crippen molar-refractivity contribution in [2.24, 2.45) is 5.73 Å². The molecular formula is C35H27FN2O5. The number of carbonyl (C=O) groups excluding carboxylic acids is 1. The Morgan fingerprint density at radius 3 is 2.40 bits per heavy atom. The average Bonchev–Trinajstić information content (AvgIpc) is 3.35. The van der Waals surface area contributed by atoms with Crippen LogP contribution in [0.2, 0.25) is 0 Å². The highest BCUT2D eigenvalue weighted by Crippen LogP contribution is 2.44. The lowest BCUT2D eigenvalue weighted by Gasteiger charge is -2.26. The number of hydrogen-bond donors (Lipinski definition) is 1. The largest absolute Gasteiger partial charge is 0.489 e. The number of fused-ring (bicyclic) bond motifs is 2. The predicted octanol–water partition coefficient (Wildman–Crippen LogP) is 7.51. The summed E-state index contributed by atoms with van der Waals surface area (Å²) < 4.78 is 36.5. The quantitative estimate of drug-likeness (QED) is 0.165. The lowest BCUT2D eigenvalue weighted by molar-refractivity contribution is 0.0702. The van der Waals surface area contributed by atoms with E-state index in [1.165, 1.54) is 12.1 Å². The van der Waals surface area contributed by atoms with Crippen molar-refractivity contribution in [1.82, 2.24) is 0 Å². The van der Waals surface area contributed by atoms with Gasteiger partial charge in [-0.05, 0) is 73.4 Å². The Morgan fingerprint density at radius 1 is 0.953 bits per heavy atom. The predicted molar refractivity (Wildman–Crippen MR) is 158 cm³/mol. The zero-order valence-corrected chi connectivity index (χ0v) is 23.7. The molecule has 0 aliphatic carbocycles. The third-order valence-electron chi connectivity index (χ3n) is 7.74. The van der Waals surface area contributed by atoms with Crippen LogP contribution in [0.15, 0.2) is 94.7 Å². The molecule has 0 amide bonds. The summed E-state index contributed by atoms with van der Waals surface area (Å²) >= 11 is 0. The first kappa shape index (κ1) is 27.6. The fourth-order valence-electron chi connectivity index (χ4n) is 5.21. The number of benzene rings is 4. The lowest BCUT2D eigenvalue weighted by atomic mass is 9.83. The molecule has 1 unspecified atom stereocenters. The van der Waals surface area contributed by atoms with Crippen LogP contribution in [-0.2, 0) is 6.61 Å². The van der Waals surface area contributed by atoms with Crippen LogP contribution in [-0.4, -0.2) is 5.97 Å². The summed E-state index contributed by atoms with van der Waals surface area (Å²) in [4.78, 5) is 13.1. The van der Waals surface area contributed by atoms with Crippen molar-refractivity contribution in [1.29, 1.82) is 5.26 Å². The second-order valence-corrected chi connectivity index (χ2v) is 10.4. The molecule has 8 heteroatoms. The molecule has 4 aromatic carbocycles. The smallest absolute Gasteiger partial charge is 0.379 e. The van der Waals surface area contributed by atoms with Gasteiger partial charge in [0.1, 0.15) is 46.9 Å². The second-order valence-electron chi connectivity index (χ2n) is 10.4. The molecule has 1 atom stereocenters. The van der Waals surface area contributed by atoms with Crippen molar-refractivity contribution in [3.63, 3.8) is 0 Å². The molecule has 0 radical (unpaired) electrons. The number of nitriles is 1. The molecule has 0 spiro atoms. The second kappa shape index (κ2) is 11.0. The minimum absolute atomic E-state index is 0.0286. The number of rotatable bonds is 6. The molecule has 43 heavy (non-hydrogen) atoms. The number of furan rings is 1. The fraction of sp³-hybridized carbons (Fsp3) is 0.143. The van der Waals surface area contributed by atoms with Crippen molar-refractivity contribution < 1.29 is 27.8 Å². The Balaban J connectivity index is 1.24. The first-order valence-corrected chi connectivity index (χ1v) is 13.6. The normalized spacial score (nSPS) is 14.2. The maximum Gasteiger partial charge on any atom is 0.379 e. The van der Waals surface area contributed by atoms with Gasteiger partial charge in [0.05, 0.1) is 5.92 Å². The monoisotopic (exact) mass is 574 g/mol. The number of carbonyl (C=O) groups is 1. The number of nitrogens with two attached hydrogens (primary N) is 1. The molecule has 7 nitrogen and oxygen atoms in total. The molecule has 1 aliphatic heterocycles. The number of esters is 1. The first-order valence-electron chi connectivity index (χ1n) is 13.6. The van der Waals surface area contributed by atoms with Gasteiger partial charge in [-0.2, -0.15) is 5.26 Å². The maximum atomic E-state index is 13.2. The van der Waals surface area contributed by atoms with E-state index in [1.807, 2.05) is 45.0 Å². The van der Waals surface area contributed by atoms with E-state index in [0.29, 0.717) is 28.2 Å². The molecule has 2 N–H and O–H groups in total. The summed E-state index contributed by atoms with van der Waals surface area (Å²) in [6.07, 6.45) is 0. The van der Waals surface area contributed by atoms with Crippen molar-refractivity contribution >= 4 is 16.9 Å². The van der Waals surface area contributed by atoms with Gasteiger partial charge in [0.15, 0.2) is 0 Å². The van der Waals surface area contributed by atoms with Crippen molar-refractivity contribution in [3.05, 3.63) is 135 Å². The summed E-state index contributed by atoms with van der Waals surface area (Å²) in [5.74, 6) is -0.105. The molecule has 0 bridgehead atoms. The Morgan fingerprint density at radius 2 is 1.67 bits per heavy atom. The number of hydrogen-bond acceptors (Lipinski definition) is 7. The highest BCUT2D eigenvalue weighted by Gasteiger charge is 2.31. The summed E-state index contributed by atoms with van der Waals surface area (Å²) in [6, 6.07) is 24.5. The van der Waals surface area contributed by atoms with Crippen LogP contribution >= 0.6 is 0 Å². The van der Waals surface area contributed by atoms with Crippen LogP contribution in [0.5, 0.6) is 17.2 Å². The summed E-state index contributed by atoms with van der Waals surface area (Å²) in [5, 5.41) is 10.8. The topological polar surface area (TPSA) is 108 Å². The molecule has 6 rings (SSSR count).